The van der Waals surface area contributed by atoms with Gasteiger partial charge in [0.25, 0.3) is 0 Å². The molecule has 192 valence electrons. The number of allylic oxidation sites excluding steroid dienone is 4. The summed E-state index contributed by atoms with van der Waals surface area (Å²) in [7, 11) is 0. The second-order valence-electron chi connectivity index (χ2n) is 12.7. The molecule has 0 aromatic rings. The van der Waals surface area contributed by atoms with E-state index in [4.69, 9.17) is 4.99 Å². The molecule has 2 saturated carbocycles. The molecule has 5 rings (SSSR count). The molecule has 0 amide bonds. The Morgan fingerprint density at radius 1 is 0.971 bits per heavy atom. The second-order valence-corrected chi connectivity index (χ2v) is 12.7. The van der Waals surface area contributed by atoms with E-state index in [0.29, 0.717) is 18.4 Å². The maximum Gasteiger partial charge on any atom is 0.396 e. The summed E-state index contributed by atoms with van der Waals surface area (Å²) in [5.41, 5.74) is 0.810. The highest BCUT2D eigenvalue weighted by molar-refractivity contribution is 6.20. The number of Topliss-reactive ketones (excluding diaryl/α,β-unsaturated/α-hetero) is 2. The zero-order valence-electron chi connectivity index (χ0n) is 21.3. The molecule has 0 aromatic heterocycles. The van der Waals surface area contributed by atoms with Crippen molar-refractivity contribution in [2.75, 3.05) is 0 Å². The Bertz CT molecular complexity index is 1010. The molecule has 0 spiro atoms. The summed E-state index contributed by atoms with van der Waals surface area (Å²) in [5, 5.41) is 0. The topological polar surface area (TPSA) is 46.5 Å². The van der Waals surface area contributed by atoms with Crippen molar-refractivity contribution >= 4 is 17.3 Å². The van der Waals surface area contributed by atoms with Gasteiger partial charge in [-0.05, 0) is 62.7 Å². The molecule has 2 fully saturated rings. The first-order chi connectivity index (χ1) is 16.4. The standard InChI is InChI=1S/C29H38F3NO2/c1-27(2)15-21-23(22(34)16-27)24(17-9-5-4-6-10-17)28(3,25(33-21)18-11-7-8-12-18)26(35)19-13-14-20(19)29(30,31)32/h13,17-18,20,24H,4-12,14-16H2,1-3H3/t20-,24?,28?/m1/s1. The zero-order valence-corrected chi connectivity index (χ0v) is 21.3. The van der Waals surface area contributed by atoms with Crippen LogP contribution in [0.1, 0.15) is 97.8 Å². The van der Waals surface area contributed by atoms with E-state index in [1.165, 1.54) is 6.08 Å². The van der Waals surface area contributed by atoms with E-state index >= 15 is 0 Å². The maximum absolute atomic E-state index is 14.3. The molecule has 0 saturated heterocycles. The number of rotatable bonds is 4. The Morgan fingerprint density at radius 3 is 2.17 bits per heavy atom. The minimum atomic E-state index is -4.43. The molecule has 6 heteroatoms. The lowest BCUT2D eigenvalue weighted by molar-refractivity contribution is -0.171. The maximum atomic E-state index is 14.3. The van der Waals surface area contributed by atoms with Crippen LogP contribution in [0.4, 0.5) is 13.2 Å². The van der Waals surface area contributed by atoms with Gasteiger partial charge in [0.1, 0.15) is 0 Å². The number of nitrogens with zero attached hydrogens (tertiary/aromatic N) is 1. The minimum Gasteiger partial charge on any atom is -0.294 e. The largest absolute Gasteiger partial charge is 0.396 e. The number of carbonyl (C=O) groups excluding carboxylic acids is 2. The van der Waals surface area contributed by atoms with Gasteiger partial charge in [-0.15, -0.1) is 0 Å². The van der Waals surface area contributed by atoms with Gasteiger partial charge in [0.2, 0.25) is 0 Å². The summed E-state index contributed by atoms with van der Waals surface area (Å²) in [4.78, 5) is 33.1. The Balaban J connectivity index is 1.68. The van der Waals surface area contributed by atoms with Crippen LogP contribution >= 0.6 is 0 Å². The third kappa shape index (κ3) is 4.17. The zero-order chi connectivity index (χ0) is 25.2. The lowest BCUT2D eigenvalue weighted by atomic mass is 9.52. The number of ketones is 2. The summed E-state index contributed by atoms with van der Waals surface area (Å²) in [6.45, 7) is 6.03. The van der Waals surface area contributed by atoms with E-state index in [1.807, 2.05) is 6.92 Å². The van der Waals surface area contributed by atoms with E-state index in [0.717, 1.165) is 69.2 Å². The van der Waals surface area contributed by atoms with Crippen LogP contribution in [0.25, 0.3) is 0 Å². The number of carbonyl (C=O) groups is 2. The van der Waals surface area contributed by atoms with E-state index in [-0.39, 0.29) is 40.9 Å². The first-order valence-corrected chi connectivity index (χ1v) is 13.6. The van der Waals surface area contributed by atoms with Gasteiger partial charge in [-0.25, -0.2) is 0 Å². The summed E-state index contributed by atoms with van der Waals surface area (Å²) < 4.78 is 41.3. The van der Waals surface area contributed by atoms with Crippen LogP contribution in [-0.4, -0.2) is 23.5 Å². The molecule has 2 unspecified atom stereocenters. The quantitative estimate of drug-likeness (QED) is 0.409. The van der Waals surface area contributed by atoms with Crippen LogP contribution in [0, 0.1) is 34.5 Å². The molecule has 1 heterocycles. The molecule has 0 N–H and O–H groups in total. The van der Waals surface area contributed by atoms with Crippen LogP contribution in [-0.2, 0) is 9.59 Å². The molecule has 0 bridgehead atoms. The predicted octanol–water partition coefficient (Wildman–Crippen LogP) is 7.55. The van der Waals surface area contributed by atoms with Gasteiger partial charge in [0.05, 0.1) is 11.3 Å². The van der Waals surface area contributed by atoms with E-state index < -0.39 is 23.3 Å². The SMILES string of the molecule is CC1(C)CC(=O)C2=C(C1)N=C(C1CCCC1)C(C)(C(=O)C1=CC[C@H]1C(F)(F)F)C2C1CCCCC1. The lowest BCUT2D eigenvalue weighted by Crippen LogP contribution is -2.55. The summed E-state index contributed by atoms with van der Waals surface area (Å²) in [5.74, 6) is -2.19. The Kier molecular flexibility index (Phi) is 6.20. The van der Waals surface area contributed by atoms with Gasteiger partial charge in [-0.2, -0.15) is 13.2 Å². The van der Waals surface area contributed by atoms with Crippen molar-refractivity contribution in [2.24, 2.45) is 39.5 Å². The molecular weight excluding hydrogens is 451 g/mol. The highest BCUT2D eigenvalue weighted by atomic mass is 19.4. The molecular formula is C29H38F3NO2. The summed E-state index contributed by atoms with van der Waals surface area (Å²) in [6, 6.07) is 0. The Labute approximate surface area is 206 Å². The van der Waals surface area contributed by atoms with Crippen molar-refractivity contribution in [3.05, 3.63) is 22.9 Å². The van der Waals surface area contributed by atoms with E-state index in [9.17, 15) is 22.8 Å². The Hall–Kier alpha value is -1.72. The number of alkyl halides is 3. The first-order valence-electron chi connectivity index (χ1n) is 13.6. The van der Waals surface area contributed by atoms with Crippen LogP contribution in [0.2, 0.25) is 0 Å². The van der Waals surface area contributed by atoms with Gasteiger partial charge in [-0.3, -0.25) is 14.6 Å². The smallest absolute Gasteiger partial charge is 0.294 e. The van der Waals surface area contributed by atoms with Gasteiger partial charge < -0.3 is 0 Å². The molecule has 0 aromatic carbocycles. The van der Waals surface area contributed by atoms with Crippen molar-refractivity contribution < 1.29 is 22.8 Å². The molecule has 0 radical (unpaired) electrons. The van der Waals surface area contributed by atoms with Crippen molar-refractivity contribution in [2.45, 2.75) is 104 Å². The predicted molar refractivity (Wildman–Crippen MR) is 130 cm³/mol. The van der Waals surface area contributed by atoms with Crippen LogP contribution in [0.3, 0.4) is 0 Å². The van der Waals surface area contributed by atoms with Gasteiger partial charge in [0.15, 0.2) is 11.6 Å². The van der Waals surface area contributed by atoms with Crippen molar-refractivity contribution in [1.29, 1.82) is 0 Å². The van der Waals surface area contributed by atoms with Crippen molar-refractivity contribution in [1.82, 2.24) is 0 Å². The van der Waals surface area contributed by atoms with Gasteiger partial charge >= 0.3 is 6.18 Å². The number of hydrogen-bond acceptors (Lipinski definition) is 3. The fraction of sp³-hybridized carbons (Fsp3) is 0.759. The van der Waals surface area contributed by atoms with Crippen LogP contribution in [0.15, 0.2) is 27.9 Å². The average Bonchev–Trinajstić information content (AvgIpc) is 3.26. The molecule has 4 aliphatic carbocycles. The molecule has 3 nitrogen and oxygen atoms in total. The highest BCUT2D eigenvalue weighted by Crippen LogP contribution is 2.57. The minimum absolute atomic E-state index is 0.0510. The fourth-order valence-electron chi connectivity index (χ4n) is 7.83. The normalized spacial score (nSPS) is 34.3. The lowest BCUT2D eigenvalue weighted by Gasteiger charge is -2.51. The number of hydrogen-bond donors (Lipinski definition) is 0. The van der Waals surface area contributed by atoms with Crippen molar-refractivity contribution in [3.8, 4) is 0 Å². The first kappa shape index (κ1) is 25.0. The third-order valence-electron chi connectivity index (χ3n) is 9.56. The van der Waals surface area contributed by atoms with E-state index in [1.54, 1.807) is 0 Å². The molecule has 5 aliphatic rings. The van der Waals surface area contributed by atoms with Gasteiger partial charge in [-0.1, -0.05) is 52.0 Å². The summed E-state index contributed by atoms with van der Waals surface area (Å²) in [6.07, 6.45) is 6.98. The molecule has 3 atom stereocenters. The molecule has 1 aliphatic heterocycles. The average molecular weight is 490 g/mol. The molecule has 35 heavy (non-hydrogen) atoms. The Morgan fingerprint density at radius 2 is 1.60 bits per heavy atom. The number of halogens is 3. The fourth-order valence-corrected chi connectivity index (χ4v) is 7.83. The van der Waals surface area contributed by atoms with Crippen molar-refractivity contribution in [3.63, 3.8) is 0 Å². The van der Waals surface area contributed by atoms with E-state index in [2.05, 4.69) is 13.8 Å². The van der Waals surface area contributed by atoms with Gasteiger partial charge in [0, 0.05) is 34.9 Å². The third-order valence-corrected chi connectivity index (χ3v) is 9.56. The summed E-state index contributed by atoms with van der Waals surface area (Å²) >= 11 is 0. The van der Waals surface area contributed by atoms with Crippen LogP contribution in [0.5, 0.6) is 0 Å². The van der Waals surface area contributed by atoms with Crippen LogP contribution < -0.4 is 0 Å². The number of aliphatic imine (C=N–C) groups is 1. The monoisotopic (exact) mass is 489 g/mol. The second kappa shape index (κ2) is 8.69. The highest BCUT2D eigenvalue weighted by Gasteiger charge is 2.60.